The van der Waals surface area contributed by atoms with Crippen molar-refractivity contribution in [2.75, 3.05) is 12.4 Å². The van der Waals surface area contributed by atoms with Gasteiger partial charge < -0.3 is 10.6 Å². The van der Waals surface area contributed by atoms with E-state index in [-0.39, 0.29) is 5.91 Å². The number of carbonyl (C=O) groups is 1. The molecule has 0 aliphatic rings. The number of pyridine rings is 1. The maximum atomic E-state index is 11.4. The van der Waals surface area contributed by atoms with Crippen LogP contribution < -0.4 is 10.6 Å². The summed E-state index contributed by atoms with van der Waals surface area (Å²) in [5, 5.41) is 14.6. The molecule has 0 radical (unpaired) electrons. The summed E-state index contributed by atoms with van der Waals surface area (Å²) >= 11 is 0. The summed E-state index contributed by atoms with van der Waals surface area (Å²) in [6.07, 6.45) is 1.64. The molecule has 2 rings (SSSR count). The largest absolute Gasteiger partial charge is 0.365 e. The highest BCUT2D eigenvalue weighted by molar-refractivity contribution is 5.93. The predicted molar refractivity (Wildman–Crippen MR) is 76.1 cm³/mol. The van der Waals surface area contributed by atoms with E-state index in [9.17, 15) is 4.79 Å². The number of nitrogens with zero attached hydrogens (tertiary/aromatic N) is 2. The highest BCUT2D eigenvalue weighted by Gasteiger charge is 2.04. The molecule has 2 N–H and O–H groups in total. The van der Waals surface area contributed by atoms with Crippen LogP contribution in [0.3, 0.4) is 0 Å². The zero-order valence-corrected chi connectivity index (χ0v) is 11.1. The van der Waals surface area contributed by atoms with Crippen LogP contribution in [0.15, 0.2) is 42.6 Å². The van der Waals surface area contributed by atoms with Crippen LogP contribution in [0.5, 0.6) is 0 Å². The van der Waals surface area contributed by atoms with Gasteiger partial charge in [0.2, 0.25) is 0 Å². The van der Waals surface area contributed by atoms with Crippen LogP contribution in [0.25, 0.3) is 0 Å². The molecule has 0 bridgehead atoms. The summed E-state index contributed by atoms with van der Waals surface area (Å²) in [5.41, 5.74) is 2.13. The van der Waals surface area contributed by atoms with E-state index >= 15 is 0 Å². The van der Waals surface area contributed by atoms with E-state index in [0.717, 1.165) is 5.56 Å². The van der Waals surface area contributed by atoms with E-state index in [1.54, 1.807) is 37.5 Å². The van der Waals surface area contributed by atoms with Gasteiger partial charge in [0.25, 0.3) is 5.91 Å². The Hall–Kier alpha value is -2.87. The van der Waals surface area contributed by atoms with Crippen LogP contribution in [0.1, 0.15) is 21.5 Å². The van der Waals surface area contributed by atoms with Gasteiger partial charge in [0.05, 0.1) is 5.56 Å². The molecule has 5 heteroatoms. The van der Waals surface area contributed by atoms with E-state index in [2.05, 4.69) is 21.7 Å². The predicted octanol–water partition coefficient (Wildman–Crippen LogP) is 1.92. The van der Waals surface area contributed by atoms with Crippen molar-refractivity contribution in [3.8, 4) is 6.07 Å². The average molecular weight is 266 g/mol. The van der Waals surface area contributed by atoms with Crippen molar-refractivity contribution in [1.29, 1.82) is 5.26 Å². The molecule has 1 amide bonds. The first-order valence-electron chi connectivity index (χ1n) is 6.14. The van der Waals surface area contributed by atoms with Crippen molar-refractivity contribution in [1.82, 2.24) is 10.3 Å². The molecule has 100 valence electrons. The van der Waals surface area contributed by atoms with Crippen molar-refractivity contribution in [2.24, 2.45) is 0 Å². The van der Waals surface area contributed by atoms with E-state index < -0.39 is 0 Å². The van der Waals surface area contributed by atoms with Gasteiger partial charge in [-0.25, -0.2) is 4.98 Å². The number of hydrogen-bond acceptors (Lipinski definition) is 4. The average Bonchev–Trinajstić information content (AvgIpc) is 2.53. The Morgan fingerprint density at radius 2 is 2.05 bits per heavy atom. The SMILES string of the molecule is CNC(=O)c1ccc(CNc2ncccc2C#N)cc1. The Morgan fingerprint density at radius 3 is 2.70 bits per heavy atom. The van der Waals surface area contributed by atoms with E-state index in [1.807, 2.05) is 12.1 Å². The van der Waals surface area contributed by atoms with Gasteiger partial charge in [-0.05, 0) is 29.8 Å². The van der Waals surface area contributed by atoms with Gasteiger partial charge >= 0.3 is 0 Å². The first-order chi connectivity index (χ1) is 9.74. The van der Waals surface area contributed by atoms with Gasteiger partial charge in [-0.2, -0.15) is 5.26 Å². The molecule has 0 aliphatic heterocycles. The number of aromatic nitrogens is 1. The number of nitriles is 1. The summed E-state index contributed by atoms with van der Waals surface area (Å²) in [7, 11) is 1.60. The van der Waals surface area contributed by atoms with Crippen molar-refractivity contribution in [3.05, 3.63) is 59.3 Å². The monoisotopic (exact) mass is 266 g/mol. The van der Waals surface area contributed by atoms with Gasteiger partial charge in [0, 0.05) is 25.4 Å². The first-order valence-corrected chi connectivity index (χ1v) is 6.14. The molecule has 1 aromatic carbocycles. The van der Waals surface area contributed by atoms with Crippen molar-refractivity contribution >= 4 is 11.7 Å². The number of carbonyl (C=O) groups excluding carboxylic acids is 1. The molecular formula is C15H14N4O. The minimum Gasteiger partial charge on any atom is -0.365 e. The summed E-state index contributed by atoms with van der Waals surface area (Å²) in [6, 6.07) is 12.8. The lowest BCUT2D eigenvalue weighted by Crippen LogP contribution is -2.17. The highest BCUT2D eigenvalue weighted by Crippen LogP contribution is 2.12. The zero-order valence-electron chi connectivity index (χ0n) is 11.1. The Morgan fingerprint density at radius 1 is 1.30 bits per heavy atom. The third-order valence-corrected chi connectivity index (χ3v) is 2.83. The van der Waals surface area contributed by atoms with Crippen LogP contribution in [-0.2, 0) is 6.54 Å². The van der Waals surface area contributed by atoms with Crippen molar-refractivity contribution in [3.63, 3.8) is 0 Å². The Labute approximate surface area is 117 Å². The standard InChI is InChI=1S/C15H14N4O/c1-17-15(20)12-6-4-11(5-7-12)10-19-14-13(9-16)3-2-8-18-14/h2-8H,10H2,1H3,(H,17,20)(H,18,19). The lowest BCUT2D eigenvalue weighted by atomic mass is 10.1. The fraction of sp³-hybridized carbons (Fsp3) is 0.133. The smallest absolute Gasteiger partial charge is 0.251 e. The topological polar surface area (TPSA) is 77.8 Å². The van der Waals surface area contributed by atoms with E-state index in [1.165, 1.54) is 0 Å². The molecule has 0 aliphatic carbocycles. The molecule has 0 saturated heterocycles. The van der Waals surface area contributed by atoms with Crippen LogP contribution in [0, 0.1) is 11.3 Å². The Bertz CT molecular complexity index is 644. The number of hydrogen-bond donors (Lipinski definition) is 2. The first kappa shape index (κ1) is 13.6. The minimum absolute atomic E-state index is 0.110. The summed E-state index contributed by atoms with van der Waals surface area (Å²) in [5.74, 6) is 0.450. The highest BCUT2D eigenvalue weighted by atomic mass is 16.1. The number of nitrogens with one attached hydrogen (secondary N) is 2. The lowest BCUT2D eigenvalue weighted by Gasteiger charge is -2.07. The molecule has 0 spiro atoms. The molecule has 5 nitrogen and oxygen atoms in total. The van der Waals surface area contributed by atoms with Crippen LogP contribution in [0.4, 0.5) is 5.82 Å². The second kappa shape index (κ2) is 6.34. The molecular weight excluding hydrogens is 252 g/mol. The number of anilines is 1. The van der Waals surface area contributed by atoms with Crippen LogP contribution in [0.2, 0.25) is 0 Å². The fourth-order valence-corrected chi connectivity index (χ4v) is 1.74. The molecule has 1 heterocycles. The van der Waals surface area contributed by atoms with Gasteiger partial charge in [-0.15, -0.1) is 0 Å². The van der Waals surface area contributed by atoms with E-state index in [0.29, 0.717) is 23.5 Å². The van der Waals surface area contributed by atoms with Gasteiger partial charge in [0.1, 0.15) is 11.9 Å². The van der Waals surface area contributed by atoms with Gasteiger partial charge in [0.15, 0.2) is 0 Å². The normalized spacial score (nSPS) is 9.60. The van der Waals surface area contributed by atoms with Gasteiger partial charge in [-0.1, -0.05) is 12.1 Å². The van der Waals surface area contributed by atoms with Crippen LogP contribution in [-0.4, -0.2) is 17.9 Å². The second-order valence-electron chi connectivity index (χ2n) is 4.14. The molecule has 0 fully saturated rings. The molecule has 20 heavy (non-hydrogen) atoms. The summed E-state index contributed by atoms with van der Waals surface area (Å²) in [4.78, 5) is 15.5. The lowest BCUT2D eigenvalue weighted by molar-refractivity contribution is 0.0963. The Balaban J connectivity index is 2.04. The maximum Gasteiger partial charge on any atom is 0.251 e. The number of benzene rings is 1. The third kappa shape index (κ3) is 3.12. The van der Waals surface area contributed by atoms with Crippen molar-refractivity contribution in [2.45, 2.75) is 6.54 Å². The zero-order chi connectivity index (χ0) is 14.4. The van der Waals surface area contributed by atoms with Crippen LogP contribution >= 0.6 is 0 Å². The number of rotatable bonds is 4. The fourth-order valence-electron chi connectivity index (χ4n) is 1.74. The molecule has 2 aromatic rings. The quantitative estimate of drug-likeness (QED) is 0.886. The maximum absolute atomic E-state index is 11.4. The molecule has 0 saturated carbocycles. The second-order valence-corrected chi connectivity index (χ2v) is 4.14. The molecule has 0 atom stereocenters. The molecule has 0 unspecified atom stereocenters. The minimum atomic E-state index is -0.110. The third-order valence-electron chi connectivity index (χ3n) is 2.83. The van der Waals surface area contributed by atoms with E-state index in [4.69, 9.17) is 5.26 Å². The van der Waals surface area contributed by atoms with Crippen molar-refractivity contribution < 1.29 is 4.79 Å². The number of amides is 1. The van der Waals surface area contributed by atoms with Gasteiger partial charge in [-0.3, -0.25) is 4.79 Å². The molecule has 1 aromatic heterocycles. The Kier molecular flexibility index (Phi) is 4.30. The summed E-state index contributed by atoms with van der Waals surface area (Å²) in [6.45, 7) is 0.541. The summed E-state index contributed by atoms with van der Waals surface area (Å²) < 4.78 is 0.